The minimum absolute atomic E-state index is 0.156. The van der Waals surface area contributed by atoms with Gasteiger partial charge >= 0.3 is 0 Å². The molecule has 146 valence electrons. The van der Waals surface area contributed by atoms with Gasteiger partial charge in [0.15, 0.2) is 5.72 Å². The maximum Gasteiger partial charge on any atom is 0.191 e. The molecule has 3 heterocycles. The van der Waals surface area contributed by atoms with E-state index in [-0.39, 0.29) is 11.8 Å². The number of piperidine rings is 1. The molecule has 3 aliphatic rings. The molecule has 0 aliphatic carbocycles. The van der Waals surface area contributed by atoms with Crippen molar-refractivity contribution in [2.75, 3.05) is 19.6 Å². The Bertz CT molecular complexity index is 904. The van der Waals surface area contributed by atoms with Gasteiger partial charge in [0, 0.05) is 16.1 Å². The monoisotopic (exact) mass is 396 g/mol. The van der Waals surface area contributed by atoms with Gasteiger partial charge in [-0.05, 0) is 24.6 Å². The molecule has 2 aromatic rings. The summed E-state index contributed by atoms with van der Waals surface area (Å²) in [6.45, 7) is 5.79. The molecule has 1 fully saturated rings. The summed E-state index contributed by atoms with van der Waals surface area (Å²) < 4.78 is 6.70. The molecule has 0 bridgehead atoms. The van der Waals surface area contributed by atoms with Gasteiger partial charge in [0.05, 0.1) is 44.2 Å². The number of hydrogen-bond acceptors (Lipinski definition) is 3. The van der Waals surface area contributed by atoms with Crippen LogP contribution in [0.15, 0.2) is 54.6 Å². The zero-order valence-corrected chi connectivity index (χ0v) is 17.0. The molecule has 0 saturated carbocycles. The van der Waals surface area contributed by atoms with Crippen LogP contribution in [0.1, 0.15) is 43.4 Å². The molecular formula is C23H27ClN3O+. The number of hydrogen-bond donors (Lipinski definition) is 2. The van der Waals surface area contributed by atoms with Crippen molar-refractivity contribution < 1.29 is 9.64 Å². The smallest absolute Gasteiger partial charge is 0.191 e. The highest BCUT2D eigenvalue weighted by atomic mass is 35.5. The normalized spacial score (nSPS) is 28.9. The van der Waals surface area contributed by atoms with Gasteiger partial charge in [0.25, 0.3) is 0 Å². The molecule has 3 aliphatic heterocycles. The van der Waals surface area contributed by atoms with E-state index in [1.807, 2.05) is 18.2 Å². The van der Waals surface area contributed by atoms with E-state index in [2.05, 4.69) is 53.8 Å². The van der Waals surface area contributed by atoms with Crippen LogP contribution in [0.5, 0.6) is 5.75 Å². The SMILES string of the molecule is CCC[NH+]1CCC2(CC1)Oc1ccccc1[C@H]1C=C(c3ccccc3Cl)NN12. The topological polar surface area (TPSA) is 28.9 Å². The standard InChI is InChI=1S/C23H26ClN3O/c1-2-13-26-14-11-23(12-15-26)27-21(18-8-4-6-10-22(18)28-23)16-20(25-27)17-7-3-5-9-19(17)24/h3-10,16,21,25H,2,11-15H2,1H3/p+1/t21-/m1/s1. The third-order valence-electron chi connectivity index (χ3n) is 6.33. The maximum atomic E-state index is 6.70. The molecule has 28 heavy (non-hydrogen) atoms. The number of ether oxygens (including phenoxy) is 1. The molecule has 0 radical (unpaired) electrons. The fourth-order valence-electron chi connectivity index (χ4n) is 4.90. The van der Waals surface area contributed by atoms with E-state index < -0.39 is 0 Å². The summed E-state index contributed by atoms with van der Waals surface area (Å²) in [5, 5.41) is 3.11. The molecule has 4 nitrogen and oxygen atoms in total. The predicted molar refractivity (Wildman–Crippen MR) is 112 cm³/mol. The zero-order chi connectivity index (χ0) is 19.1. The van der Waals surface area contributed by atoms with E-state index >= 15 is 0 Å². The third kappa shape index (κ3) is 2.91. The first kappa shape index (κ1) is 18.0. The second-order valence-electron chi connectivity index (χ2n) is 8.07. The van der Waals surface area contributed by atoms with Gasteiger partial charge in [-0.25, -0.2) is 0 Å². The Kier molecular flexibility index (Phi) is 4.58. The Hall–Kier alpha value is -2.01. The van der Waals surface area contributed by atoms with Crippen LogP contribution in [0.3, 0.4) is 0 Å². The van der Waals surface area contributed by atoms with Crippen LogP contribution in [0.4, 0.5) is 0 Å². The highest BCUT2D eigenvalue weighted by molar-refractivity contribution is 6.32. The van der Waals surface area contributed by atoms with Crippen molar-refractivity contribution >= 4 is 17.3 Å². The highest BCUT2D eigenvalue weighted by Gasteiger charge is 2.52. The van der Waals surface area contributed by atoms with Crippen LogP contribution in [0.2, 0.25) is 5.02 Å². The lowest BCUT2D eigenvalue weighted by Gasteiger charge is -2.50. The average Bonchev–Trinajstić information content (AvgIpc) is 3.17. The molecule has 1 saturated heterocycles. The van der Waals surface area contributed by atoms with E-state index in [1.54, 1.807) is 4.90 Å². The number of rotatable bonds is 3. The Morgan fingerprint density at radius 3 is 2.68 bits per heavy atom. The molecule has 5 rings (SSSR count). The van der Waals surface area contributed by atoms with Crippen molar-refractivity contribution in [1.29, 1.82) is 0 Å². The van der Waals surface area contributed by atoms with E-state index in [4.69, 9.17) is 16.3 Å². The zero-order valence-electron chi connectivity index (χ0n) is 16.2. The lowest BCUT2D eigenvalue weighted by Crippen LogP contribution is -3.14. The molecule has 0 amide bonds. The van der Waals surface area contributed by atoms with Crippen LogP contribution in [-0.2, 0) is 0 Å². The Labute approximate surface area is 171 Å². The lowest BCUT2D eigenvalue weighted by molar-refractivity contribution is -0.908. The molecule has 1 atom stereocenters. The summed E-state index contributed by atoms with van der Waals surface area (Å²) in [6.07, 6.45) is 5.57. The Balaban J connectivity index is 1.52. The number of para-hydroxylation sites is 1. The van der Waals surface area contributed by atoms with Gasteiger partial charge in [-0.1, -0.05) is 54.9 Å². The summed E-state index contributed by atoms with van der Waals surface area (Å²) in [5.74, 6) is 1.01. The van der Waals surface area contributed by atoms with Crippen LogP contribution in [0, 0.1) is 0 Å². The number of halogens is 1. The van der Waals surface area contributed by atoms with E-state index in [0.29, 0.717) is 0 Å². The molecule has 2 aromatic carbocycles. The third-order valence-corrected chi connectivity index (χ3v) is 6.66. The maximum absolute atomic E-state index is 6.70. The van der Waals surface area contributed by atoms with Crippen molar-refractivity contribution in [2.24, 2.45) is 0 Å². The quantitative estimate of drug-likeness (QED) is 0.832. The fourth-order valence-corrected chi connectivity index (χ4v) is 5.13. The van der Waals surface area contributed by atoms with E-state index in [9.17, 15) is 0 Å². The fraction of sp³-hybridized carbons (Fsp3) is 0.391. The van der Waals surface area contributed by atoms with Gasteiger partial charge in [-0.3, -0.25) is 0 Å². The van der Waals surface area contributed by atoms with Crippen LogP contribution in [-0.4, -0.2) is 30.4 Å². The van der Waals surface area contributed by atoms with Crippen LogP contribution < -0.4 is 15.1 Å². The summed E-state index contributed by atoms with van der Waals surface area (Å²) >= 11 is 6.50. The first-order valence-corrected chi connectivity index (χ1v) is 10.7. The summed E-state index contributed by atoms with van der Waals surface area (Å²) in [4.78, 5) is 1.69. The highest BCUT2D eigenvalue weighted by Crippen LogP contribution is 2.47. The first-order chi connectivity index (χ1) is 13.7. The minimum atomic E-state index is -0.310. The van der Waals surface area contributed by atoms with Crippen LogP contribution >= 0.6 is 11.6 Å². The van der Waals surface area contributed by atoms with Crippen LogP contribution in [0.25, 0.3) is 5.70 Å². The summed E-state index contributed by atoms with van der Waals surface area (Å²) in [6, 6.07) is 16.6. The number of nitrogens with zero attached hydrogens (tertiary/aromatic N) is 1. The van der Waals surface area contributed by atoms with Crippen molar-refractivity contribution in [3.8, 4) is 5.75 Å². The molecule has 2 N–H and O–H groups in total. The first-order valence-electron chi connectivity index (χ1n) is 10.3. The molecular weight excluding hydrogens is 370 g/mol. The number of benzene rings is 2. The largest absolute Gasteiger partial charge is 0.470 e. The number of quaternary nitrogens is 1. The Morgan fingerprint density at radius 2 is 1.89 bits per heavy atom. The van der Waals surface area contributed by atoms with E-state index in [1.165, 1.54) is 18.5 Å². The molecule has 5 heteroatoms. The lowest BCUT2D eigenvalue weighted by atomic mass is 9.92. The average molecular weight is 397 g/mol. The van der Waals surface area contributed by atoms with Gasteiger partial charge in [-0.2, -0.15) is 5.01 Å². The van der Waals surface area contributed by atoms with Crippen molar-refractivity contribution in [1.82, 2.24) is 10.4 Å². The molecule has 0 aromatic heterocycles. The second-order valence-corrected chi connectivity index (χ2v) is 8.48. The van der Waals surface area contributed by atoms with Gasteiger partial charge in [0.2, 0.25) is 0 Å². The summed E-state index contributed by atoms with van der Waals surface area (Å²) in [7, 11) is 0. The minimum Gasteiger partial charge on any atom is -0.470 e. The van der Waals surface area contributed by atoms with Gasteiger partial charge in [0.1, 0.15) is 5.75 Å². The second kappa shape index (κ2) is 7.11. The van der Waals surface area contributed by atoms with Crippen molar-refractivity contribution in [3.05, 3.63) is 70.8 Å². The number of nitrogens with one attached hydrogen (secondary N) is 2. The summed E-state index contributed by atoms with van der Waals surface area (Å²) in [5.41, 5.74) is 6.69. The van der Waals surface area contributed by atoms with E-state index in [0.717, 1.165) is 48.0 Å². The molecule has 0 unspecified atom stereocenters. The van der Waals surface area contributed by atoms with Crippen molar-refractivity contribution in [2.45, 2.75) is 38.0 Å². The Morgan fingerprint density at radius 1 is 1.14 bits per heavy atom. The van der Waals surface area contributed by atoms with Gasteiger partial charge < -0.3 is 15.1 Å². The predicted octanol–water partition coefficient (Wildman–Crippen LogP) is 3.42. The van der Waals surface area contributed by atoms with Crippen molar-refractivity contribution in [3.63, 3.8) is 0 Å². The van der Waals surface area contributed by atoms with Gasteiger partial charge in [-0.15, -0.1) is 0 Å². The number of likely N-dealkylation sites (tertiary alicyclic amines) is 1. The number of hydrazine groups is 1. The molecule has 1 spiro atoms. The number of fused-ring (bicyclic) bond motifs is 4.